The Kier molecular flexibility index (Phi) is 12.5. The third-order valence-corrected chi connectivity index (χ3v) is 17.8. The fourth-order valence-electron chi connectivity index (χ4n) is 7.04. The number of pyridine rings is 1. The normalized spacial score (nSPS) is 11.2. The minimum absolute atomic E-state index is 0. The molecule has 6 aromatic carbocycles. The summed E-state index contributed by atoms with van der Waals surface area (Å²) in [7, 11) is -4.15. The van der Waals surface area contributed by atoms with Crippen LogP contribution in [0.3, 0.4) is 0 Å². The number of hydrogen-bond acceptors (Lipinski definition) is 1. The van der Waals surface area contributed by atoms with E-state index in [9.17, 15) is 0 Å². The standard InChI is InChI=1S/C44H39NP2.2BrH/c1-36-32-37(34-46(39-20-8-2-9-21-39,40-22-10-3-11-23-40)41-24-12-4-13-25-41)33-38(45-36)35-47(42-26-14-5-15-27-42,43-28-16-6-17-29-43)44-30-18-7-19-31-44;;/h2-33H,34-35H2,1H3;2*1H/q+2;;/p-2. The predicted octanol–water partition coefficient (Wildman–Crippen LogP) is 2.39. The molecule has 1 heterocycles. The highest BCUT2D eigenvalue weighted by Crippen LogP contribution is 2.60. The number of benzene rings is 6. The number of aryl methyl sites for hydroxylation is 1. The monoisotopic (exact) mass is 801 g/mol. The lowest BCUT2D eigenvalue weighted by Gasteiger charge is -2.29. The fraction of sp³-hybridized carbons (Fsp3) is 0.0682. The SMILES string of the molecule is Cc1cc(C[P+](c2ccccc2)(c2ccccc2)c2ccccc2)cc(C[P+](c2ccccc2)(c2ccccc2)c2ccccc2)n1.[Br-].[Br-]. The molecule has 0 bridgehead atoms. The summed E-state index contributed by atoms with van der Waals surface area (Å²) in [4.78, 5) is 5.28. The summed E-state index contributed by atoms with van der Waals surface area (Å²) in [5.74, 6) is 0. The van der Waals surface area contributed by atoms with Gasteiger partial charge >= 0.3 is 0 Å². The molecule has 49 heavy (non-hydrogen) atoms. The van der Waals surface area contributed by atoms with E-state index < -0.39 is 14.5 Å². The van der Waals surface area contributed by atoms with Crippen LogP contribution in [0.5, 0.6) is 0 Å². The number of rotatable bonds is 10. The Hall–Kier alpha value is -3.71. The number of hydrogen-bond donors (Lipinski definition) is 0. The fourth-order valence-corrected chi connectivity index (χ4v) is 15.4. The molecule has 0 fully saturated rings. The van der Waals surface area contributed by atoms with Crippen LogP contribution in [0.4, 0.5) is 0 Å². The van der Waals surface area contributed by atoms with Crippen molar-refractivity contribution < 1.29 is 34.0 Å². The smallest absolute Gasteiger partial charge is 0.118 e. The van der Waals surface area contributed by atoms with Crippen LogP contribution in [-0.4, -0.2) is 4.98 Å². The van der Waals surface area contributed by atoms with Crippen molar-refractivity contribution in [2.75, 3.05) is 0 Å². The van der Waals surface area contributed by atoms with Crippen molar-refractivity contribution in [2.45, 2.75) is 19.2 Å². The quantitative estimate of drug-likeness (QED) is 0.194. The Balaban J connectivity index is 0.00000234. The Morgan fingerprint density at radius 3 is 0.918 bits per heavy atom. The van der Waals surface area contributed by atoms with E-state index in [1.165, 1.54) is 37.4 Å². The van der Waals surface area contributed by atoms with Gasteiger partial charge in [0.1, 0.15) is 52.5 Å². The van der Waals surface area contributed by atoms with Gasteiger partial charge in [0.05, 0.1) is 11.9 Å². The van der Waals surface area contributed by atoms with Crippen molar-refractivity contribution >= 4 is 46.4 Å². The maximum Gasteiger partial charge on any atom is 0.118 e. The van der Waals surface area contributed by atoms with Crippen molar-refractivity contribution in [3.05, 3.63) is 211 Å². The summed E-state index contributed by atoms with van der Waals surface area (Å²) >= 11 is 0. The lowest BCUT2D eigenvalue weighted by molar-refractivity contribution is -0.001000. The van der Waals surface area contributed by atoms with Gasteiger partial charge in [-0.25, -0.2) is 0 Å². The Morgan fingerprint density at radius 2 is 0.633 bits per heavy atom. The molecule has 0 atom stereocenters. The second kappa shape index (κ2) is 16.8. The van der Waals surface area contributed by atoms with Crippen molar-refractivity contribution in [1.82, 2.24) is 4.98 Å². The van der Waals surface area contributed by atoms with Crippen LogP contribution < -0.4 is 65.8 Å². The van der Waals surface area contributed by atoms with Crippen molar-refractivity contribution in [3.63, 3.8) is 0 Å². The average molecular weight is 804 g/mol. The molecule has 0 N–H and O–H groups in total. The summed E-state index contributed by atoms with van der Waals surface area (Å²) in [5, 5.41) is 8.32. The highest BCUT2D eigenvalue weighted by Gasteiger charge is 2.47. The maximum atomic E-state index is 5.28. The van der Waals surface area contributed by atoms with Crippen LogP contribution >= 0.6 is 14.5 Å². The van der Waals surface area contributed by atoms with Gasteiger partial charge in [-0.3, -0.25) is 4.98 Å². The molecule has 1 nitrogen and oxygen atoms in total. The summed E-state index contributed by atoms with van der Waals surface area (Å²) in [6.07, 6.45) is 1.78. The number of halogens is 2. The first-order valence-electron chi connectivity index (χ1n) is 16.2. The predicted molar refractivity (Wildman–Crippen MR) is 207 cm³/mol. The Labute approximate surface area is 313 Å². The Morgan fingerprint density at radius 1 is 0.367 bits per heavy atom. The molecule has 0 saturated heterocycles. The number of aromatic nitrogens is 1. The Bertz CT molecular complexity index is 1690. The van der Waals surface area contributed by atoms with E-state index in [4.69, 9.17) is 4.98 Å². The molecule has 5 heteroatoms. The topological polar surface area (TPSA) is 12.9 Å². The molecule has 7 rings (SSSR count). The third-order valence-electron chi connectivity index (χ3n) is 9.07. The molecule has 7 aromatic rings. The maximum absolute atomic E-state index is 5.28. The van der Waals surface area contributed by atoms with Crippen LogP contribution in [0.25, 0.3) is 0 Å². The summed E-state index contributed by atoms with van der Waals surface area (Å²) in [5.41, 5.74) is 3.55. The summed E-state index contributed by atoms with van der Waals surface area (Å²) < 4.78 is 0. The van der Waals surface area contributed by atoms with E-state index in [0.29, 0.717) is 0 Å². The zero-order chi connectivity index (χ0) is 31.9. The number of nitrogens with zero attached hydrogens (tertiary/aromatic N) is 1. The molecule has 244 valence electrons. The largest absolute Gasteiger partial charge is 1.00 e. The molecule has 0 spiro atoms. The molecular formula is C44H39Br2NP2. The zero-order valence-corrected chi connectivity index (χ0v) is 32.4. The molecule has 0 unspecified atom stereocenters. The van der Waals surface area contributed by atoms with Gasteiger partial charge in [0.2, 0.25) is 0 Å². The van der Waals surface area contributed by atoms with E-state index in [-0.39, 0.29) is 34.0 Å². The van der Waals surface area contributed by atoms with Crippen LogP contribution in [0.2, 0.25) is 0 Å². The van der Waals surface area contributed by atoms with Crippen LogP contribution in [0.15, 0.2) is 194 Å². The van der Waals surface area contributed by atoms with Gasteiger partial charge in [-0.15, -0.1) is 0 Å². The van der Waals surface area contributed by atoms with Crippen molar-refractivity contribution in [2.24, 2.45) is 0 Å². The van der Waals surface area contributed by atoms with Gasteiger partial charge in [-0.1, -0.05) is 109 Å². The summed E-state index contributed by atoms with van der Waals surface area (Å²) in [6.45, 7) is 2.16. The molecule has 0 aliphatic carbocycles. The van der Waals surface area contributed by atoms with Crippen molar-refractivity contribution in [3.8, 4) is 0 Å². The van der Waals surface area contributed by atoms with Crippen molar-refractivity contribution in [1.29, 1.82) is 0 Å². The lowest BCUT2D eigenvalue weighted by Crippen LogP contribution is -3.00. The minimum atomic E-state index is -2.09. The minimum Gasteiger partial charge on any atom is -1.00 e. The highest BCUT2D eigenvalue weighted by atomic mass is 79.9. The van der Waals surface area contributed by atoms with Gasteiger partial charge < -0.3 is 34.0 Å². The first kappa shape index (κ1) is 36.6. The molecule has 1 aromatic heterocycles. The van der Waals surface area contributed by atoms with E-state index >= 15 is 0 Å². The first-order chi connectivity index (χ1) is 23.2. The molecule has 0 amide bonds. The zero-order valence-electron chi connectivity index (χ0n) is 27.5. The van der Waals surface area contributed by atoms with Gasteiger partial charge in [0.15, 0.2) is 0 Å². The van der Waals surface area contributed by atoms with E-state index in [1.54, 1.807) is 0 Å². The molecule has 0 aliphatic rings. The van der Waals surface area contributed by atoms with Gasteiger partial charge in [-0.05, 0) is 97.4 Å². The van der Waals surface area contributed by atoms with Gasteiger partial charge in [0, 0.05) is 5.69 Å². The van der Waals surface area contributed by atoms with E-state index in [2.05, 4.69) is 201 Å². The van der Waals surface area contributed by atoms with Gasteiger partial charge in [0.25, 0.3) is 0 Å². The average Bonchev–Trinajstić information content (AvgIpc) is 3.15. The van der Waals surface area contributed by atoms with Crippen LogP contribution in [0, 0.1) is 6.92 Å². The molecular weight excluding hydrogens is 764 g/mol. The first-order valence-corrected chi connectivity index (χ1v) is 20.2. The second-order valence-corrected chi connectivity index (χ2v) is 19.0. The summed E-state index contributed by atoms with van der Waals surface area (Å²) in [6, 6.07) is 71.7. The van der Waals surface area contributed by atoms with Crippen LogP contribution in [-0.2, 0) is 12.3 Å². The molecule has 0 radical (unpaired) electrons. The lowest BCUT2D eigenvalue weighted by atomic mass is 10.2. The van der Waals surface area contributed by atoms with Crippen LogP contribution in [0.1, 0.15) is 17.0 Å². The molecule has 0 saturated carbocycles. The molecule has 0 aliphatic heterocycles. The van der Waals surface area contributed by atoms with E-state index in [0.717, 1.165) is 23.7 Å². The second-order valence-electron chi connectivity index (χ2n) is 12.1. The highest BCUT2D eigenvalue weighted by molar-refractivity contribution is 7.95. The van der Waals surface area contributed by atoms with E-state index in [1.807, 2.05) is 0 Å². The van der Waals surface area contributed by atoms with Gasteiger partial charge in [-0.2, -0.15) is 0 Å². The third kappa shape index (κ3) is 7.57.